The van der Waals surface area contributed by atoms with Crippen molar-refractivity contribution in [2.45, 2.75) is 13.0 Å². The van der Waals surface area contributed by atoms with E-state index in [1.54, 1.807) is 0 Å². The third-order valence-corrected chi connectivity index (χ3v) is 2.77. The van der Waals surface area contributed by atoms with Crippen LogP contribution in [0.3, 0.4) is 0 Å². The van der Waals surface area contributed by atoms with E-state index in [4.69, 9.17) is 4.74 Å². The average Bonchev–Trinajstić information content (AvgIpc) is 2.16. The van der Waals surface area contributed by atoms with Crippen LogP contribution in [0.1, 0.15) is 17.3 Å². The van der Waals surface area contributed by atoms with Gasteiger partial charge in [-0.15, -0.1) is 0 Å². The molecular formula is C13H18CsNO2. The molecule has 1 aromatic carbocycles. The topological polar surface area (TPSA) is 38.3 Å². The SMILES string of the molecule is CC(NC(=O)c1ccccc1)C1COC1.[CH3-].[Cs+]. The molecule has 0 spiro atoms. The molecular weight excluding hydrogens is 335 g/mol. The minimum Gasteiger partial charge on any atom is -0.381 e. The van der Waals surface area contributed by atoms with Crippen molar-refractivity contribution < 1.29 is 78.4 Å². The van der Waals surface area contributed by atoms with Crippen LogP contribution in [0.4, 0.5) is 0 Å². The Morgan fingerprint density at radius 1 is 1.35 bits per heavy atom. The molecule has 0 radical (unpaired) electrons. The summed E-state index contributed by atoms with van der Waals surface area (Å²) in [6, 6.07) is 9.46. The smallest absolute Gasteiger partial charge is 0.381 e. The number of hydrogen-bond donors (Lipinski definition) is 1. The van der Waals surface area contributed by atoms with Crippen molar-refractivity contribution in [3.8, 4) is 0 Å². The molecule has 1 atom stereocenters. The first-order valence-electron chi connectivity index (χ1n) is 5.21. The van der Waals surface area contributed by atoms with E-state index in [2.05, 4.69) is 5.32 Å². The fourth-order valence-electron chi connectivity index (χ4n) is 1.54. The number of rotatable bonds is 3. The van der Waals surface area contributed by atoms with Gasteiger partial charge in [0.1, 0.15) is 0 Å². The van der Waals surface area contributed by atoms with E-state index in [9.17, 15) is 4.79 Å². The van der Waals surface area contributed by atoms with Crippen LogP contribution in [0.25, 0.3) is 0 Å². The standard InChI is InChI=1S/C12H15NO2.CH3.Cs/c1-9(11-7-15-8-11)13-12(14)10-5-3-2-4-6-10;;/h2-6,9,11H,7-8H2,1H3,(H,13,14);1H3;/q;-1;+1. The van der Waals surface area contributed by atoms with Crippen LogP contribution < -0.4 is 74.2 Å². The van der Waals surface area contributed by atoms with Crippen molar-refractivity contribution in [3.05, 3.63) is 43.3 Å². The number of hydrogen-bond acceptors (Lipinski definition) is 2. The minimum atomic E-state index is -0.00463. The number of nitrogens with one attached hydrogen (secondary N) is 1. The van der Waals surface area contributed by atoms with E-state index < -0.39 is 0 Å². The number of amides is 1. The summed E-state index contributed by atoms with van der Waals surface area (Å²) in [5, 5.41) is 2.98. The summed E-state index contributed by atoms with van der Waals surface area (Å²) >= 11 is 0. The summed E-state index contributed by atoms with van der Waals surface area (Å²) in [6.45, 7) is 3.54. The van der Waals surface area contributed by atoms with E-state index in [1.165, 1.54) is 0 Å². The molecule has 0 saturated carbocycles. The molecule has 1 fully saturated rings. The van der Waals surface area contributed by atoms with Crippen LogP contribution in [0, 0.1) is 13.3 Å². The second-order valence-corrected chi connectivity index (χ2v) is 3.93. The Kier molecular flexibility index (Phi) is 9.10. The Hall–Kier alpha value is 0.702. The molecule has 1 aliphatic heterocycles. The van der Waals surface area contributed by atoms with Crippen LogP contribution in [-0.2, 0) is 4.74 Å². The van der Waals surface area contributed by atoms with Gasteiger partial charge >= 0.3 is 68.9 Å². The number of carbonyl (C=O) groups excluding carboxylic acids is 1. The van der Waals surface area contributed by atoms with E-state index >= 15 is 0 Å². The maximum absolute atomic E-state index is 11.7. The van der Waals surface area contributed by atoms with Crippen molar-refractivity contribution in [2.24, 2.45) is 5.92 Å². The van der Waals surface area contributed by atoms with Crippen LogP contribution in [-0.4, -0.2) is 25.2 Å². The molecule has 1 amide bonds. The quantitative estimate of drug-likeness (QED) is 0.702. The van der Waals surface area contributed by atoms with Gasteiger partial charge in [-0.25, -0.2) is 0 Å². The molecule has 1 saturated heterocycles. The number of carbonyl (C=O) groups is 1. The maximum Gasteiger partial charge on any atom is 1.00 e. The fourth-order valence-corrected chi connectivity index (χ4v) is 1.54. The molecule has 0 aliphatic carbocycles. The average molecular weight is 353 g/mol. The molecule has 1 heterocycles. The first kappa shape index (κ1) is 17.7. The van der Waals surface area contributed by atoms with Gasteiger partial charge in [-0.05, 0) is 19.1 Å². The van der Waals surface area contributed by atoms with Gasteiger partial charge in [0.25, 0.3) is 5.91 Å². The Bertz CT molecular complexity index is 339. The number of ether oxygens (including phenoxy) is 1. The summed E-state index contributed by atoms with van der Waals surface area (Å²) in [5.41, 5.74) is 0.713. The second-order valence-electron chi connectivity index (χ2n) is 3.93. The molecule has 3 nitrogen and oxygen atoms in total. The Morgan fingerprint density at radius 2 is 1.94 bits per heavy atom. The monoisotopic (exact) mass is 353 g/mol. The first-order chi connectivity index (χ1) is 7.27. The predicted octanol–water partition coefficient (Wildman–Crippen LogP) is -1.09. The molecule has 1 aromatic rings. The zero-order valence-electron chi connectivity index (χ0n) is 10.8. The summed E-state index contributed by atoms with van der Waals surface area (Å²) in [5.74, 6) is 0.465. The second kappa shape index (κ2) is 8.74. The minimum absolute atomic E-state index is 0. The molecule has 88 valence electrons. The van der Waals surface area contributed by atoms with Gasteiger partial charge < -0.3 is 17.5 Å². The summed E-state index contributed by atoms with van der Waals surface area (Å²) < 4.78 is 5.09. The number of benzene rings is 1. The van der Waals surface area contributed by atoms with Crippen LogP contribution >= 0.6 is 0 Å². The predicted molar refractivity (Wildman–Crippen MR) is 64.1 cm³/mol. The zero-order valence-corrected chi connectivity index (χ0v) is 17.1. The van der Waals surface area contributed by atoms with Gasteiger partial charge in [0.15, 0.2) is 0 Å². The van der Waals surface area contributed by atoms with Crippen molar-refractivity contribution in [2.75, 3.05) is 13.2 Å². The largest absolute Gasteiger partial charge is 1.00 e. The normalized spacial score (nSPS) is 15.8. The molecule has 1 aliphatic rings. The third-order valence-electron chi connectivity index (χ3n) is 2.77. The molecule has 1 unspecified atom stereocenters. The van der Waals surface area contributed by atoms with E-state index in [-0.39, 0.29) is 88.3 Å². The van der Waals surface area contributed by atoms with Crippen molar-refractivity contribution in [1.29, 1.82) is 0 Å². The molecule has 4 heteroatoms. The van der Waals surface area contributed by atoms with Gasteiger partial charge in [-0.1, -0.05) is 18.2 Å². The Morgan fingerprint density at radius 3 is 2.41 bits per heavy atom. The van der Waals surface area contributed by atoms with Crippen molar-refractivity contribution in [3.63, 3.8) is 0 Å². The van der Waals surface area contributed by atoms with Gasteiger partial charge in [0.2, 0.25) is 0 Å². The van der Waals surface area contributed by atoms with E-state index in [1.807, 2.05) is 37.3 Å². The van der Waals surface area contributed by atoms with Gasteiger partial charge in [-0.2, -0.15) is 0 Å². The Labute approximate surface area is 162 Å². The van der Waals surface area contributed by atoms with Gasteiger partial charge in [0, 0.05) is 17.5 Å². The van der Waals surface area contributed by atoms with E-state index in [0.717, 1.165) is 13.2 Å². The molecule has 1 N–H and O–H groups in total. The summed E-state index contributed by atoms with van der Waals surface area (Å²) in [4.78, 5) is 11.7. The van der Waals surface area contributed by atoms with Gasteiger partial charge in [-0.3, -0.25) is 4.79 Å². The zero-order chi connectivity index (χ0) is 10.7. The molecule has 0 bridgehead atoms. The maximum atomic E-state index is 11.7. The molecule has 0 aromatic heterocycles. The van der Waals surface area contributed by atoms with Crippen LogP contribution in [0.5, 0.6) is 0 Å². The first-order valence-corrected chi connectivity index (χ1v) is 5.21. The van der Waals surface area contributed by atoms with Crippen LogP contribution in [0.15, 0.2) is 30.3 Å². The van der Waals surface area contributed by atoms with E-state index in [0.29, 0.717) is 11.5 Å². The van der Waals surface area contributed by atoms with Crippen molar-refractivity contribution >= 4 is 5.91 Å². The summed E-state index contributed by atoms with van der Waals surface area (Å²) in [6.07, 6.45) is 0. The summed E-state index contributed by atoms with van der Waals surface area (Å²) in [7, 11) is 0. The van der Waals surface area contributed by atoms with Gasteiger partial charge in [0.05, 0.1) is 13.2 Å². The molecule has 17 heavy (non-hydrogen) atoms. The van der Waals surface area contributed by atoms with Crippen LogP contribution in [0.2, 0.25) is 0 Å². The fraction of sp³-hybridized carbons (Fsp3) is 0.385. The molecule has 2 rings (SSSR count). The Balaban J connectivity index is 0.00000128. The third kappa shape index (κ3) is 5.06. The van der Waals surface area contributed by atoms with Crippen molar-refractivity contribution in [1.82, 2.24) is 5.32 Å².